The summed E-state index contributed by atoms with van der Waals surface area (Å²) in [5, 5.41) is 9.23. The van der Waals surface area contributed by atoms with Gasteiger partial charge in [0.05, 0.1) is 0 Å². The maximum Gasteiger partial charge on any atom is 0.251 e. The van der Waals surface area contributed by atoms with Crippen LogP contribution in [0.2, 0.25) is 0 Å². The van der Waals surface area contributed by atoms with Crippen molar-refractivity contribution in [2.45, 2.75) is 33.7 Å². The second-order valence-corrected chi connectivity index (χ2v) is 8.07. The van der Waals surface area contributed by atoms with Gasteiger partial charge >= 0.3 is 0 Å². The molecule has 0 aliphatic carbocycles. The first-order valence-corrected chi connectivity index (χ1v) is 10.4. The minimum atomic E-state index is -0.571. The molecule has 1 unspecified atom stereocenters. The van der Waals surface area contributed by atoms with E-state index in [0.29, 0.717) is 0 Å². The molecule has 0 saturated heterocycles. The van der Waals surface area contributed by atoms with Crippen molar-refractivity contribution in [3.63, 3.8) is 0 Å². The van der Waals surface area contributed by atoms with Gasteiger partial charge in [-0.05, 0) is 66.9 Å². The van der Waals surface area contributed by atoms with Gasteiger partial charge in [-0.25, -0.2) is 0 Å². The highest BCUT2D eigenvalue weighted by Crippen LogP contribution is 2.24. The lowest BCUT2D eigenvalue weighted by atomic mass is 10.0. The number of aryl methyl sites for hydroxylation is 2. The van der Waals surface area contributed by atoms with Gasteiger partial charge in [0.2, 0.25) is 5.91 Å². The van der Waals surface area contributed by atoms with Crippen molar-refractivity contribution in [1.29, 1.82) is 0 Å². The van der Waals surface area contributed by atoms with E-state index in [1.165, 1.54) is 0 Å². The summed E-state index contributed by atoms with van der Waals surface area (Å²) in [6.07, 6.45) is 0. The molecule has 0 aromatic heterocycles. The molecule has 0 aliphatic heterocycles. The van der Waals surface area contributed by atoms with Crippen molar-refractivity contribution >= 4 is 28.9 Å². The molecule has 1 atom stereocenters. The van der Waals surface area contributed by atoms with Gasteiger partial charge in [0.25, 0.3) is 5.91 Å². The van der Waals surface area contributed by atoms with E-state index in [-0.39, 0.29) is 17.7 Å². The molecule has 5 heteroatoms. The second-order valence-electron chi connectivity index (χ2n) is 8.07. The summed E-state index contributed by atoms with van der Waals surface area (Å²) in [4.78, 5) is 25.1. The molecule has 3 aromatic carbocycles. The Labute approximate surface area is 183 Å². The van der Waals surface area contributed by atoms with Gasteiger partial charge in [-0.3, -0.25) is 9.59 Å². The van der Waals surface area contributed by atoms with Crippen molar-refractivity contribution < 1.29 is 9.59 Å². The SMILES string of the molecule is Cc1cc(C)cc(NC(=O)C(Nc2ccc(NC(=O)C(C)C)cc2)c2ccccc2)c1. The minimum Gasteiger partial charge on any atom is -0.370 e. The van der Waals surface area contributed by atoms with Crippen molar-refractivity contribution in [3.8, 4) is 0 Å². The Bertz CT molecular complexity index is 1020. The molecule has 3 aromatic rings. The zero-order valence-corrected chi connectivity index (χ0v) is 18.4. The lowest BCUT2D eigenvalue weighted by molar-refractivity contribution is -0.119. The van der Waals surface area contributed by atoms with Crippen molar-refractivity contribution in [3.05, 3.63) is 89.5 Å². The van der Waals surface area contributed by atoms with Gasteiger partial charge in [-0.1, -0.05) is 50.2 Å². The number of benzene rings is 3. The lowest BCUT2D eigenvalue weighted by Crippen LogP contribution is -2.27. The van der Waals surface area contributed by atoms with E-state index < -0.39 is 6.04 Å². The number of rotatable bonds is 7. The third-order valence-electron chi connectivity index (χ3n) is 4.87. The van der Waals surface area contributed by atoms with Gasteiger partial charge in [0.15, 0.2) is 0 Å². The maximum atomic E-state index is 13.2. The number of nitrogens with one attached hydrogen (secondary N) is 3. The third-order valence-corrected chi connectivity index (χ3v) is 4.87. The molecular weight excluding hydrogens is 386 g/mol. The molecule has 0 spiro atoms. The Morgan fingerprint density at radius 3 is 1.81 bits per heavy atom. The first-order valence-electron chi connectivity index (χ1n) is 10.4. The lowest BCUT2D eigenvalue weighted by Gasteiger charge is -2.21. The number of amides is 2. The van der Waals surface area contributed by atoms with Crippen molar-refractivity contribution in [2.24, 2.45) is 5.92 Å². The molecule has 0 aliphatic rings. The molecular formula is C26H29N3O2. The van der Waals surface area contributed by atoms with E-state index in [0.717, 1.165) is 33.8 Å². The molecule has 2 amide bonds. The Kier molecular flexibility index (Phi) is 7.08. The Balaban J connectivity index is 1.80. The molecule has 3 rings (SSSR count). The Morgan fingerprint density at radius 1 is 0.677 bits per heavy atom. The Morgan fingerprint density at radius 2 is 1.23 bits per heavy atom. The maximum absolute atomic E-state index is 13.2. The number of carbonyl (C=O) groups excluding carboxylic acids is 2. The molecule has 0 saturated carbocycles. The van der Waals surface area contributed by atoms with Crippen LogP contribution >= 0.6 is 0 Å². The fourth-order valence-electron chi connectivity index (χ4n) is 3.31. The standard InChI is InChI=1S/C26H29N3O2/c1-17(2)25(30)28-22-12-10-21(11-13-22)27-24(20-8-6-5-7-9-20)26(31)29-23-15-18(3)14-19(4)16-23/h5-17,24,27H,1-4H3,(H,28,30)(H,29,31). The number of hydrogen-bond acceptors (Lipinski definition) is 3. The van der Waals surface area contributed by atoms with E-state index in [9.17, 15) is 9.59 Å². The van der Waals surface area contributed by atoms with Crippen LogP contribution in [0.3, 0.4) is 0 Å². The van der Waals surface area contributed by atoms with Gasteiger partial charge in [0, 0.05) is 23.0 Å². The molecule has 31 heavy (non-hydrogen) atoms. The third kappa shape index (κ3) is 6.19. The fraction of sp³-hybridized carbons (Fsp3) is 0.231. The van der Waals surface area contributed by atoms with Crippen LogP contribution in [0, 0.1) is 19.8 Å². The Hall–Kier alpha value is -3.60. The number of hydrogen-bond donors (Lipinski definition) is 3. The summed E-state index contributed by atoms with van der Waals surface area (Å²) in [7, 11) is 0. The monoisotopic (exact) mass is 415 g/mol. The van der Waals surface area contributed by atoms with Gasteiger partial charge in [0.1, 0.15) is 6.04 Å². The topological polar surface area (TPSA) is 70.2 Å². The van der Waals surface area contributed by atoms with Crippen LogP contribution in [0.15, 0.2) is 72.8 Å². The van der Waals surface area contributed by atoms with Crippen molar-refractivity contribution in [2.75, 3.05) is 16.0 Å². The van der Waals surface area contributed by atoms with Crippen LogP contribution in [-0.2, 0) is 9.59 Å². The van der Waals surface area contributed by atoms with Crippen LogP contribution in [0.5, 0.6) is 0 Å². The largest absolute Gasteiger partial charge is 0.370 e. The molecule has 0 bridgehead atoms. The van der Waals surface area contributed by atoms with Crippen LogP contribution in [0.4, 0.5) is 17.1 Å². The van der Waals surface area contributed by atoms with E-state index in [1.807, 2.05) is 94.4 Å². The van der Waals surface area contributed by atoms with Crippen LogP contribution in [0.1, 0.15) is 36.6 Å². The van der Waals surface area contributed by atoms with E-state index in [1.54, 1.807) is 0 Å². The highest BCUT2D eigenvalue weighted by molar-refractivity contribution is 5.97. The van der Waals surface area contributed by atoms with Crippen LogP contribution < -0.4 is 16.0 Å². The highest BCUT2D eigenvalue weighted by Gasteiger charge is 2.21. The molecule has 0 fully saturated rings. The zero-order valence-electron chi connectivity index (χ0n) is 18.4. The summed E-state index contributed by atoms with van der Waals surface area (Å²) in [6, 6.07) is 22.4. The summed E-state index contributed by atoms with van der Waals surface area (Å²) >= 11 is 0. The van der Waals surface area contributed by atoms with Gasteiger partial charge in [-0.2, -0.15) is 0 Å². The van der Waals surface area contributed by atoms with Crippen LogP contribution in [0.25, 0.3) is 0 Å². The van der Waals surface area contributed by atoms with E-state index in [2.05, 4.69) is 22.0 Å². The van der Waals surface area contributed by atoms with Crippen LogP contribution in [-0.4, -0.2) is 11.8 Å². The highest BCUT2D eigenvalue weighted by atomic mass is 16.2. The normalized spacial score (nSPS) is 11.6. The molecule has 160 valence electrons. The summed E-state index contributed by atoms with van der Waals surface area (Å²) in [6.45, 7) is 7.72. The van der Waals surface area contributed by atoms with Gasteiger partial charge in [-0.15, -0.1) is 0 Å². The average molecular weight is 416 g/mol. The summed E-state index contributed by atoms with van der Waals surface area (Å²) < 4.78 is 0. The molecule has 0 heterocycles. The molecule has 0 radical (unpaired) electrons. The first kappa shape index (κ1) is 22.1. The molecule has 3 N–H and O–H groups in total. The first-order chi connectivity index (χ1) is 14.8. The fourth-order valence-corrected chi connectivity index (χ4v) is 3.31. The number of anilines is 3. The second kappa shape index (κ2) is 9.94. The quantitative estimate of drug-likeness (QED) is 0.464. The molecule has 5 nitrogen and oxygen atoms in total. The summed E-state index contributed by atoms with van der Waals surface area (Å²) in [5.41, 5.74) is 5.34. The minimum absolute atomic E-state index is 0.0318. The predicted octanol–water partition coefficient (Wildman–Crippen LogP) is 5.69. The van der Waals surface area contributed by atoms with E-state index in [4.69, 9.17) is 0 Å². The smallest absolute Gasteiger partial charge is 0.251 e. The average Bonchev–Trinajstić information content (AvgIpc) is 2.72. The van der Waals surface area contributed by atoms with E-state index >= 15 is 0 Å². The van der Waals surface area contributed by atoms with Crippen molar-refractivity contribution in [1.82, 2.24) is 0 Å². The zero-order chi connectivity index (χ0) is 22.4. The van der Waals surface area contributed by atoms with Gasteiger partial charge < -0.3 is 16.0 Å². The number of carbonyl (C=O) groups is 2. The summed E-state index contributed by atoms with van der Waals surface area (Å²) in [5.74, 6) is -0.265. The predicted molar refractivity (Wildman–Crippen MR) is 127 cm³/mol.